The molecule has 4 aliphatic carbocycles. The molecule has 13 atom stereocenters. The lowest BCUT2D eigenvalue weighted by molar-refractivity contribution is -0.237. The van der Waals surface area contributed by atoms with Crippen LogP contribution in [-0.2, 0) is 18.6 Å². The first-order valence-electron chi connectivity index (χ1n) is 17.0. The molecule has 4 fully saturated rings. The second kappa shape index (κ2) is 13.1. The van der Waals surface area contributed by atoms with Gasteiger partial charge in [-0.1, -0.05) is 59.5 Å². The normalized spacial score (nSPS) is 45.0. The van der Waals surface area contributed by atoms with Crippen molar-refractivity contribution in [2.24, 2.45) is 46.3 Å². The van der Waals surface area contributed by atoms with E-state index in [0.29, 0.717) is 30.1 Å². The van der Waals surface area contributed by atoms with Gasteiger partial charge >= 0.3 is 7.82 Å². The Balaban J connectivity index is 1.26. The SMILES string of the molecule is CC(C)CCC[C@@H](C)[C@H]1CC[C@H]2[C@@H]3C(=O)C=C4C[C@@H](N[C@H]5O[C@H](COP(=O)(O)O)[C@@H](O)[C@@H](O)[C@@H]5O)CC[C@]4(C)[C@H]3CC[C@]12C. The highest BCUT2D eigenvalue weighted by Crippen LogP contribution is 2.66. The van der Waals surface area contributed by atoms with Crippen LogP contribution in [0.4, 0.5) is 0 Å². The smallest absolute Gasteiger partial charge is 0.387 e. The molecule has 0 aromatic heterocycles. The molecule has 10 nitrogen and oxygen atoms in total. The monoisotopic (exact) mass is 641 g/mol. The number of hydrogen-bond acceptors (Lipinski definition) is 8. The van der Waals surface area contributed by atoms with Crippen molar-refractivity contribution in [3.63, 3.8) is 0 Å². The number of ketones is 1. The first-order valence-corrected chi connectivity index (χ1v) is 18.5. The number of carbonyl (C=O) groups is 1. The third-order valence-corrected chi connectivity index (χ3v) is 13.2. The van der Waals surface area contributed by atoms with Crippen molar-refractivity contribution in [1.82, 2.24) is 5.32 Å². The maximum atomic E-state index is 14.0. The molecule has 0 unspecified atom stereocenters. The second-order valence-corrected chi connectivity index (χ2v) is 17.0. The third kappa shape index (κ3) is 6.67. The van der Waals surface area contributed by atoms with Crippen molar-refractivity contribution < 1.29 is 43.7 Å². The Morgan fingerprint density at radius 3 is 2.41 bits per heavy atom. The van der Waals surface area contributed by atoms with E-state index < -0.39 is 45.1 Å². The summed E-state index contributed by atoms with van der Waals surface area (Å²) in [4.78, 5) is 32.1. The molecular weight excluding hydrogens is 585 g/mol. The van der Waals surface area contributed by atoms with E-state index in [0.717, 1.165) is 37.2 Å². The van der Waals surface area contributed by atoms with Crippen molar-refractivity contribution >= 4 is 13.6 Å². The Bertz CT molecular complexity index is 1130. The molecule has 0 radical (unpaired) electrons. The van der Waals surface area contributed by atoms with Gasteiger partial charge in [0.15, 0.2) is 5.78 Å². The van der Waals surface area contributed by atoms with Crippen LogP contribution in [0.1, 0.15) is 98.8 Å². The van der Waals surface area contributed by atoms with Gasteiger partial charge in [0.2, 0.25) is 0 Å². The molecule has 1 aliphatic heterocycles. The van der Waals surface area contributed by atoms with Crippen LogP contribution in [0, 0.1) is 46.3 Å². The lowest BCUT2D eigenvalue weighted by atomic mass is 9.46. The maximum Gasteiger partial charge on any atom is 0.469 e. The van der Waals surface area contributed by atoms with Crippen LogP contribution in [0.25, 0.3) is 0 Å². The minimum atomic E-state index is -4.81. The van der Waals surface area contributed by atoms with Crippen LogP contribution in [0.3, 0.4) is 0 Å². The van der Waals surface area contributed by atoms with Gasteiger partial charge < -0.3 is 29.8 Å². The summed E-state index contributed by atoms with van der Waals surface area (Å²) in [5, 5.41) is 34.6. The summed E-state index contributed by atoms with van der Waals surface area (Å²) in [5.74, 6) is 3.21. The molecule has 1 heterocycles. The molecule has 3 saturated carbocycles. The Morgan fingerprint density at radius 2 is 1.73 bits per heavy atom. The van der Waals surface area contributed by atoms with Crippen LogP contribution >= 0.6 is 7.82 Å². The molecular formula is C33H56NO9P. The minimum absolute atomic E-state index is 0.0689. The van der Waals surface area contributed by atoms with Crippen LogP contribution in [0.5, 0.6) is 0 Å². The molecule has 252 valence electrons. The minimum Gasteiger partial charge on any atom is -0.387 e. The average molecular weight is 642 g/mol. The summed E-state index contributed by atoms with van der Waals surface area (Å²) in [6, 6.07) is -0.138. The first-order chi connectivity index (χ1) is 20.5. The summed E-state index contributed by atoms with van der Waals surface area (Å²) in [6.45, 7) is 11.2. The highest BCUT2D eigenvalue weighted by molar-refractivity contribution is 7.46. The van der Waals surface area contributed by atoms with E-state index in [9.17, 15) is 24.7 Å². The van der Waals surface area contributed by atoms with E-state index in [4.69, 9.17) is 14.5 Å². The molecule has 5 rings (SSSR count). The van der Waals surface area contributed by atoms with Gasteiger partial charge in [0.25, 0.3) is 0 Å². The second-order valence-electron chi connectivity index (χ2n) is 15.7. The number of aliphatic hydroxyl groups is 3. The van der Waals surface area contributed by atoms with Crippen LogP contribution in [0.2, 0.25) is 0 Å². The van der Waals surface area contributed by atoms with Crippen molar-refractivity contribution in [3.05, 3.63) is 11.6 Å². The highest BCUT2D eigenvalue weighted by atomic mass is 31.2. The number of allylic oxidation sites excluding steroid dienone is 1. The largest absolute Gasteiger partial charge is 0.469 e. The molecule has 0 bridgehead atoms. The number of nitrogens with one attached hydrogen (secondary N) is 1. The number of carbonyl (C=O) groups excluding carboxylic acids is 1. The van der Waals surface area contributed by atoms with Gasteiger partial charge in [-0.25, -0.2) is 4.57 Å². The van der Waals surface area contributed by atoms with E-state index in [1.54, 1.807) is 0 Å². The molecule has 6 N–H and O–H groups in total. The van der Waals surface area contributed by atoms with E-state index in [1.165, 1.54) is 32.1 Å². The summed E-state index contributed by atoms with van der Waals surface area (Å²) in [7, 11) is -4.81. The fourth-order valence-corrected chi connectivity index (χ4v) is 10.5. The average Bonchev–Trinajstić information content (AvgIpc) is 3.30. The van der Waals surface area contributed by atoms with Crippen molar-refractivity contribution in [2.75, 3.05) is 6.61 Å². The Labute approximate surface area is 262 Å². The molecule has 1 saturated heterocycles. The van der Waals surface area contributed by atoms with Crippen molar-refractivity contribution in [2.45, 2.75) is 136 Å². The summed E-state index contributed by atoms with van der Waals surface area (Å²) in [5.41, 5.74) is 1.29. The maximum absolute atomic E-state index is 14.0. The van der Waals surface area contributed by atoms with E-state index >= 15 is 0 Å². The quantitative estimate of drug-likeness (QED) is 0.192. The van der Waals surface area contributed by atoms with E-state index in [1.807, 2.05) is 6.08 Å². The zero-order valence-corrected chi connectivity index (χ0v) is 28.0. The van der Waals surface area contributed by atoms with Gasteiger partial charge in [-0.05, 0) is 91.4 Å². The summed E-state index contributed by atoms with van der Waals surface area (Å²) < 4.78 is 21.4. The zero-order chi connectivity index (χ0) is 32.2. The van der Waals surface area contributed by atoms with Crippen molar-refractivity contribution in [1.29, 1.82) is 0 Å². The number of rotatable bonds is 10. The number of ether oxygens (including phenoxy) is 1. The molecule has 5 aliphatic rings. The summed E-state index contributed by atoms with van der Waals surface area (Å²) in [6.07, 6.45) is 5.74. The molecule has 0 aromatic rings. The lowest BCUT2D eigenvalue weighted by Gasteiger charge is -2.58. The van der Waals surface area contributed by atoms with Gasteiger partial charge in [-0.2, -0.15) is 0 Å². The Kier molecular flexibility index (Phi) is 10.3. The highest BCUT2D eigenvalue weighted by Gasteiger charge is 2.61. The van der Waals surface area contributed by atoms with Gasteiger partial charge in [-0.3, -0.25) is 14.6 Å². The predicted octanol–water partition coefficient (Wildman–Crippen LogP) is 4.08. The van der Waals surface area contributed by atoms with Crippen LogP contribution in [-0.4, -0.2) is 74.2 Å². The van der Waals surface area contributed by atoms with E-state index in [2.05, 4.69) is 44.5 Å². The fraction of sp³-hybridized carbons (Fsp3) is 0.909. The molecule has 44 heavy (non-hydrogen) atoms. The first kappa shape index (κ1) is 34.6. The van der Waals surface area contributed by atoms with Gasteiger partial charge in [0, 0.05) is 12.0 Å². The number of aliphatic hydroxyl groups excluding tert-OH is 3. The standard InChI is InChI=1S/C33H56NO9P/c1-18(2)7-6-8-19(3)22-9-10-23-27-24(12-14-33(22,23)5)32(4)13-11-21(15-20(32)16-25(27)35)34-31-30(38)29(37)28(36)26(43-31)17-42-44(39,40)41/h16,18-19,21-24,26-31,34,36-38H,6-15,17H2,1-5H3,(H2,39,40,41)/t19-,21+,22-,23+,24+,26-,27+,28-,29-,30+,31+,32+,33-/m1/s1. The Morgan fingerprint density at radius 1 is 1.00 bits per heavy atom. The molecule has 0 spiro atoms. The molecule has 0 amide bonds. The third-order valence-electron chi connectivity index (χ3n) is 12.7. The topological polar surface area (TPSA) is 166 Å². The summed E-state index contributed by atoms with van der Waals surface area (Å²) >= 11 is 0. The van der Waals surface area contributed by atoms with E-state index in [-0.39, 0.29) is 28.6 Å². The number of phosphoric ester groups is 1. The number of phosphoric acid groups is 1. The predicted molar refractivity (Wildman–Crippen MR) is 165 cm³/mol. The van der Waals surface area contributed by atoms with Crippen molar-refractivity contribution in [3.8, 4) is 0 Å². The lowest BCUT2D eigenvalue weighted by Crippen LogP contribution is -2.64. The van der Waals surface area contributed by atoms with Gasteiger partial charge in [-0.15, -0.1) is 0 Å². The zero-order valence-electron chi connectivity index (χ0n) is 27.1. The van der Waals surface area contributed by atoms with Gasteiger partial charge in [0.1, 0.15) is 30.6 Å². The number of fused-ring (bicyclic) bond motifs is 5. The number of hydrogen-bond donors (Lipinski definition) is 6. The Hall–Kier alpha value is -0.680. The fourth-order valence-electron chi connectivity index (χ4n) is 10.2. The van der Waals surface area contributed by atoms with Gasteiger partial charge in [0.05, 0.1) is 6.61 Å². The van der Waals surface area contributed by atoms with Crippen LogP contribution < -0.4 is 5.32 Å². The molecule has 0 aromatic carbocycles. The molecule has 11 heteroatoms. The van der Waals surface area contributed by atoms with Crippen LogP contribution in [0.15, 0.2) is 11.6 Å².